The van der Waals surface area contributed by atoms with Crippen molar-refractivity contribution < 1.29 is 14.3 Å². The van der Waals surface area contributed by atoms with Gasteiger partial charge in [0.05, 0.1) is 0 Å². The highest BCUT2D eigenvalue weighted by Gasteiger charge is 2.59. The van der Waals surface area contributed by atoms with E-state index in [1.807, 2.05) is 20.8 Å². The Morgan fingerprint density at radius 3 is 2.38 bits per heavy atom. The average Bonchev–Trinajstić information content (AvgIpc) is 3.15. The average molecular weight is 515 g/mol. The summed E-state index contributed by atoms with van der Waals surface area (Å²) < 4.78 is 11.2. The molecule has 0 amide bonds. The van der Waals surface area contributed by atoms with E-state index in [1.54, 1.807) is 5.57 Å². The van der Waals surface area contributed by atoms with Gasteiger partial charge in [-0.15, -0.1) is 0 Å². The Bertz CT molecular complexity index is 821. The molecule has 0 bridgehead atoms. The van der Waals surface area contributed by atoms with Crippen LogP contribution in [-0.2, 0) is 9.47 Å². The molecule has 3 nitrogen and oxygen atoms in total. The van der Waals surface area contributed by atoms with Crippen molar-refractivity contribution in [2.75, 3.05) is 0 Å². The zero-order valence-corrected chi connectivity index (χ0v) is 25.5. The molecule has 0 saturated heterocycles. The molecule has 0 aromatic carbocycles. The van der Waals surface area contributed by atoms with E-state index < -0.39 is 11.8 Å². The Balaban J connectivity index is 1.37. The summed E-state index contributed by atoms with van der Waals surface area (Å²) in [4.78, 5) is 12.3. The Labute approximate surface area is 228 Å². The lowest BCUT2D eigenvalue weighted by Crippen LogP contribution is -2.51. The summed E-state index contributed by atoms with van der Waals surface area (Å²) in [6.45, 7) is 18.2. The van der Waals surface area contributed by atoms with Crippen molar-refractivity contribution in [3.8, 4) is 0 Å². The standard InChI is InChI=1S/C34H58O3/c1-23(2)12-10-9-11-13-24(3)28-16-17-29-27-15-14-25-22-26(36-31(35)37-32(4,5)6)18-20-33(25,7)30(27)19-21-34(28,29)8/h22-24,26-30H,9-21H2,1-8H3/t24-,26-,27?,28+,29?,30?,33-,34+/m0/s1. The van der Waals surface area contributed by atoms with Crippen molar-refractivity contribution in [1.29, 1.82) is 0 Å². The van der Waals surface area contributed by atoms with Gasteiger partial charge in [-0.3, -0.25) is 0 Å². The van der Waals surface area contributed by atoms with Crippen LogP contribution in [0.2, 0.25) is 0 Å². The Hall–Kier alpha value is -0.990. The molecule has 0 radical (unpaired) electrons. The smallest absolute Gasteiger partial charge is 0.429 e. The molecule has 0 aromatic rings. The van der Waals surface area contributed by atoms with Crippen LogP contribution in [0.3, 0.4) is 0 Å². The van der Waals surface area contributed by atoms with E-state index >= 15 is 0 Å². The summed E-state index contributed by atoms with van der Waals surface area (Å²) in [6.07, 6.45) is 19.1. The van der Waals surface area contributed by atoms with Crippen molar-refractivity contribution in [2.45, 2.75) is 151 Å². The van der Waals surface area contributed by atoms with Gasteiger partial charge in [0.15, 0.2) is 0 Å². The largest absolute Gasteiger partial charge is 0.509 e. The number of carbonyl (C=O) groups excluding carboxylic acids is 1. The molecule has 0 spiro atoms. The van der Waals surface area contributed by atoms with Crippen molar-refractivity contribution >= 4 is 6.16 Å². The fourth-order valence-electron chi connectivity index (χ4n) is 9.56. The third-order valence-electron chi connectivity index (χ3n) is 11.4. The topological polar surface area (TPSA) is 35.5 Å². The van der Waals surface area contributed by atoms with Gasteiger partial charge in [-0.1, -0.05) is 72.3 Å². The molecule has 3 saturated carbocycles. The van der Waals surface area contributed by atoms with Crippen LogP contribution in [0.5, 0.6) is 0 Å². The highest BCUT2D eigenvalue weighted by Crippen LogP contribution is 2.67. The number of unbranched alkanes of at least 4 members (excludes halogenated alkanes) is 2. The molecule has 4 rings (SSSR count). The third kappa shape index (κ3) is 6.27. The minimum Gasteiger partial charge on any atom is -0.429 e. The molecule has 4 aliphatic carbocycles. The summed E-state index contributed by atoms with van der Waals surface area (Å²) in [5, 5.41) is 0. The van der Waals surface area contributed by atoms with Crippen LogP contribution in [0.25, 0.3) is 0 Å². The minimum atomic E-state index is -0.522. The SMILES string of the molecule is CC(C)CCCCC[C@H](C)[C@H]1CCC2C3CCC4=C[C@@H](OC(=O)OC(C)(C)C)CC[C@]4(C)C3CC[C@@]21C. The monoisotopic (exact) mass is 514 g/mol. The van der Waals surface area contributed by atoms with E-state index in [2.05, 4.69) is 40.7 Å². The van der Waals surface area contributed by atoms with Gasteiger partial charge in [0.1, 0.15) is 11.7 Å². The zero-order chi connectivity index (χ0) is 27.0. The van der Waals surface area contributed by atoms with Gasteiger partial charge in [0.2, 0.25) is 0 Å². The predicted molar refractivity (Wildman–Crippen MR) is 153 cm³/mol. The molecular formula is C34H58O3. The van der Waals surface area contributed by atoms with E-state index in [0.29, 0.717) is 5.41 Å². The van der Waals surface area contributed by atoms with Gasteiger partial charge in [0, 0.05) is 0 Å². The fourth-order valence-corrected chi connectivity index (χ4v) is 9.56. The van der Waals surface area contributed by atoms with Crippen LogP contribution in [-0.4, -0.2) is 17.9 Å². The second-order valence-corrected chi connectivity index (χ2v) is 15.4. The molecule has 212 valence electrons. The van der Waals surface area contributed by atoms with E-state index in [4.69, 9.17) is 9.47 Å². The second-order valence-electron chi connectivity index (χ2n) is 15.4. The number of hydrogen-bond donors (Lipinski definition) is 0. The summed E-state index contributed by atoms with van der Waals surface area (Å²) in [7, 11) is 0. The molecule has 0 heterocycles. The molecular weight excluding hydrogens is 456 g/mol. The quantitative estimate of drug-likeness (QED) is 0.184. The third-order valence-corrected chi connectivity index (χ3v) is 11.4. The van der Waals surface area contributed by atoms with Crippen LogP contribution in [0.15, 0.2) is 11.6 Å². The van der Waals surface area contributed by atoms with Gasteiger partial charge in [-0.25, -0.2) is 4.79 Å². The van der Waals surface area contributed by atoms with Gasteiger partial charge in [-0.2, -0.15) is 0 Å². The van der Waals surface area contributed by atoms with Crippen LogP contribution in [0.1, 0.15) is 139 Å². The van der Waals surface area contributed by atoms with Crippen molar-refractivity contribution in [3.63, 3.8) is 0 Å². The van der Waals surface area contributed by atoms with Crippen LogP contribution < -0.4 is 0 Å². The van der Waals surface area contributed by atoms with Crippen molar-refractivity contribution in [3.05, 3.63) is 11.6 Å². The molecule has 0 N–H and O–H groups in total. The molecule has 3 unspecified atom stereocenters. The maximum Gasteiger partial charge on any atom is 0.509 e. The summed E-state index contributed by atoms with van der Waals surface area (Å²) >= 11 is 0. The van der Waals surface area contributed by atoms with E-state index in [0.717, 1.165) is 48.3 Å². The first-order valence-corrected chi connectivity index (χ1v) is 15.9. The van der Waals surface area contributed by atoms with Crippen molar-refractivity contribution in [1.82, 2.24) is 0 Å². The highest BCUT2D eigenvalue weighted by atomic mass is 16.7. The van der Waals surface area contributed by atoms with Crippen LogP contribution in [0, 0.1) is 46.3 Å². The predicted octanol–water partition coefficient (Wildman–Crippen LogP) is 10.1. The lowest BCUT2D eigenvalue weighted by atomic mass is 9.46. The zero-order valence-electron chi connectivity index (χ0n) is 25.5. The van der Waals surface area contributed by atoms with E-state index in [1.165, 1.54) is 70.6 Å². The van der Waals surface area contributed by atoms with Crippen LogP contribution >= 0.6 is 0 Å². The number of carbonyl (C=O) groups is 1. The Morgan fingerprint density at radius 2 is 1.68 bits per heavy atom. The number of hydrogen-bond acceptors (Lipinski definition) is 3. The van der Waals surface area contributed by atoms with E-state index in [-0.39, 0.29) is 11.5 Å². The van der Waals surface area contributed by atoms with Gasteiger partial charge < -0.3 is 9.47 Å². The number of ether oxygens (including phenoxy) is 2. The van der Waals surface area contributed by atoms with Gasteiger partial charge >= 0.3 is 6.16 Å². The lowest BCUT2D eigenvalue weighted by Gasteiger charge is -2.59. The molecule has 0 aromatic heterocycles. The van der Waals surface area contributed by atoms with E-state index in [9.17, 15) is 4.79 Å². The molecule has 3 fully saturated rings. The number of fused-ring (bicyclic) bond motifs is 5. The molecule has 37 heavy (non-hydrogen) atoms. The Morgan fingerprint density at radius 1 is 0.946 bits per heavy atom. The molecule has 3 heteroatoms. The number of allylic oxidation sites excluding steroid dienone is 1. The normalized spacial score (nSPS) is 38.3. The highest BCUT2D eigenvalue weighted by molar-refractivity contribution is 5.61. The second kappa shape index (κ2) is 11.2. The Kier molecular flexibility index (Phi) is 8.81. The lowest BCUT2D eigenvalue weighted by molar-refractivity contribution is -0.0668. The van der Waals surface area contributed by atoms with Gasteiger partial charge in [0.25, 0.3) is 0 Å². The fraction of sp³-hybridized carbons (Fsp3) is 0.912. The minimum absolute atomic E-state index is 0.124. The summed E-state index contributed by atoms with van der Waals surface area (Å²) in [5.74, 6) is 5.24. The summed E-state index contributed by atoms with van der Waals surface area (Å²) in [6, 6.07) is 0. The molecule has 8 atom stereocenters. The molecule has 4 aliphatic rings. The maximum atomic E-state index is 12.3. The first-order valence-electron chi connectivity index (χ1n) is 15.9. The van der Waals surface area contributed by atoms with Gasteiger partial charge in [-0.05, 0) is 125 Å². The summed E-state index contributed by atoms with van der Waals surface area (Å²) in [5.41, 5.74) is 1.90. The number of rotatable bonds is 8. The first kappa shape index (κ1) is 29.0. The van der Waals surface area contributed by atoms with Crippen molar-refractivity contribution in [2.24, 2.45) is 46.3 Å². The van der Waals surface area contributed by atoms with Crippen LogP contribution in [0.4, 0.5) is 4.79 Å². The maximum absolute atomic E-state index is 12.3. The first-order chi connectivity index (χ1) is 17.3. The molecule has 0 aliphatic heterocycles.